The summed E-state index contributed by atoms with van der Waals surface area (Å²) >= 11 is 0. The van der Waals surface area contributed by atoms with Crippen LogP contribution >= 0.6 is 0 Å². The minimum Gasteiger partial charge on any atom is -0.480 e. The maximum atomic E-state index is 13.0. The molecular formula is C20H24N4O3. The number of aromatic nitrogens is 3. The SMILES string of the molecule is O=C(O)[C@@H]1C[C@@H]2CCCC[C@@H]2N1C(=O)CCc1nncn1-c1ccccc1. The quantitative estimate of drug-likeness (QED) is 0.876. The number of rotatable bonds is 5. The fourth-order valence-electron chi connectivity index (χ4n) is 4.62. The second-order valence-corrected chi connectivity index (χ2v) is 7.46. The molecular weight excluding hydrogens is 344 g/mol. The number of aryl methyl sites for hydroxylation is 1. The molecule has 1 N–H and O–H groups in total. The number of hydrogen-bond acceptors (Lipinski definition) is 4. The molecule has 4 rings (SSSR count). The van der Waals surface area contributed by atoms with Gasteiger partial charge in [-0.15, -0.1) is 10.2 Å². The lowest BCUT2D eigenvalue weighted by Gasteiger charge is -2.33. The molecule has 0 unspecified atom stereocenters. The van der Waals surface area contributed by atoms with E-state index in [0.29, 0.717) is 24.6 Å². The van der Waals surface area contributed by atoms with Crippen LogP contribution in [0.25, 0.3) is 5.69 Å². The predicted octanol–water partition coefficient (Wildman–Crippen LogP) is 2.44. The Labute approximate surface area is 158 Å². The Bertz CT molecular complexity index is 820. The number of aliphatic carboxylic acids is 1. The van der Waals surface area contributed by atoms with Gasteiger partial charge in [0.05, 0.1) is 0 Å². The van der Waals surface area contributed by atoms with Crippen molar-refractivity contribution in [2.75, 3.05) is 0 Å². The molecule has 2 heterocycles. The van der Waals surface area contributed by atoms with E-state index in [9.17, 15) is 14.7 Å². The second-order valence-electron chi connectivity index (χ2n) is 7.46. The average Bonchev–Trinajstić information content (AvgIpc) is 3.31. The maximum absolute atomic E-state index is 13.0. The fraction of sp³-hybridized carbons (Fsp3) is 0.500. The maximum Gasteiger partial charge on any atom is 0.326 e. The molecule has 1 amide bonds. The van der Waals surface area contributed by atoms with Gasteiger partial charge in [0.2, 0.25) is 5.91 Å². The van der Waals surface area contributed by atoms with E-state index < -0.39 is 12.0 Å². The molecule has 2 aliphatic rings. The van der Waals surface area contributed by atoms with Crippen LogP contribution in [0.2, 0.25) is 0 Å². The summed E-state index contributed by atoms with van der Waals surface area (Å²) in [4.78, 5) is 26.3. The van der Waals surface area contributed by atoms with Gasteiger partial charge in [-0.25, -0.2) is 4.79 Å². The minimum atomic E-state index is -0.884. The molecule has 1 saturated heterocycles. The Hall–Kier alpha value is -2.70. The number of hydrogen-bond donors (Lipinski definition) is 1. The monoisotopic (exact) mass is 368 g/mol. The molecule has 1 saturated carbocycles. The van der Waals surface area contributed by atoms with Crippen molar-refractivity contribution in [3.8, 4) is 5.69 Å². The van der Waals surface area contributed by atoms with E-state index in [1.54, 1.807) is 11.2 Å². The van der Waals surface area contributed by atoms with Gasteiger partial charge in [0.25, 0.3) is 0 Å². The molecule has 1 aromatic heterocycles. The van der Waals surface area contributed by atoms with Crippen LogP contribution in [0.1, 0.15) is 44.3 Å². The van der Waals surface area contributed by atoms with Gasteiger partial charge < -0.3 is 10.0 Å². The lowest BCUT2D eigenvalue weighted by Crippen LogP contribution is -2.46. The Kier molecular flexibility index (Phi) is 4.92. The highest BCUT2D eigenvalue weighted by atomic mass is 16.4. The normalized spacial score (nSPS) is 24.6. The summed E-state index contributed by atoms with van der Waals surface area (Å²) in [5.41, 5.74) is 0.946. The molecule has 1 aromatic carbocycles. The van der Waals surface area contributed by atoms with Gasteiger partial charge in [-0.3, -0.25) is 9.36 Å². The Morgan fingerprint density at radius 3 is 2.70 bits per heavy atom. The number of benzene rings is 1. The van der Waals surface area contributed by atoms with Gasteiger partial charge in [0.1, 0.15) is 18.2 Å². The number of carboxylic acids is 1. The first-order valence-electron chi connectivity index (χ1n) is 9.63. The van der Waals surface area contributed by atoms with Crippen LogP contribution in [0.15, 0.2) is 36.7 Å². The lowest BCUT2D eigenvalue weighted by atomic mass is 9.84. The summed E-state index contributed by atoms with van der Waals surface area (Å²) in [7, 11) is 0. The van der Waals surface area contributed by atoms with Crippen molar-refractivity contribution >= 4 is 11.9 Å². The largest absolute Gasteiger partial charge is 0.480 e. The number of nitrogens with zero attached hydrogens (tertiary/aromatic N) is 4. The summed E-state index contributed by atoms with van der Waals surface area (Å²) in [5, 5.41) is 17.7. The van der Waals surface area contributed by atoms with Crippen molar-refractivity contribution in [2.24, 2.45) is 5.92 Å². The van der Waals surface area contributed by atoms with Crippen LogP contribution < -0.4 is 0 Å². The van der Waals surface area contributed by atoms with Crippen molar-refractivity contribution in [1.29, 1.82) is 0 Å². The standard InChI is InChI=1S/C20H24N4O3/c25-19(24-16-9-5-4-6-14(16)12-17(24)20(26)27)11-10-18-22-21-13-23(18)15-7-2-1-3-8-15/h1-3,7-8,13-14,16-17H,4-6,9-12H2,(H,26,27)/t14-,16-,17-/m0/s1. The highest BCUT2D eigenvalue weighted by Gasteiger charge is 2.47. The third kappa shape index (κ3) is 3.46. The molecule has 0 bridgehead atoms. The van der Waals surface area contributed by atoms with Crippen LogP contribution in [0, 0.1) is 5.92 Å². The molecule has 2 fully saturated rings. The number of para-hydroxylation sites is 1. The molecule has 0 spiro atoms. The lowest BCUT2D eigenvalue weighted by molar-refractivity contribution is -0.149. The molecule has 7 nitrogen and oxygen atoms in total. The molecule has 2 aromatic rings. The van der Waals surface area contributed by atoms with Crippen LogP contribution in [0.4, 0.5) is 0 Å². The van der Waals surface area contributed by atoms with Gasteiger partial charge >= 0.3 is 5.97 Å². The zero-order valence-corrected chi connectivity index (χ0v) is 15.2. The van der Waals surface area contributed by atoms with Crippen molar-refractivity contribution in [3.63, 3.8) is 0 Å². The average molecular weight is 368 g/mol. The topological polar surface area (TPSA) is 88.3 Å². The van der Waals surface area contributed by atoms with Crippen LogP contribution in [0.5, 0.6) is 0 Å². The van der Waals surface area contributed by atoms with Crippen molar-refractivity contribution < 1.29 is 14.7 Å². The number of likely N-dealkylation sites (tertiary alicyclic amines) is 1. The second kappa shape index (κ2) is 7.50. The molecule has 3 atom stereocenters. The highest BCUT2D eigenvalue weighted by molar-refractivity contribution is 5.85. The number of fused-ring (bicyclic) bond motifs is 1. The third-order valence-electron chi connectivity index (χ3n) is 5.88. The van der Waals surface area contributed by atoms with E-state index >= 15 is 0 Å². The smallest absolute Gasteiger partial charge is 0.326 e. The Balaban J connectivity index is 1.48. The van der Waals surface area contributed by atoms with Crippen LogP contribution in [-0.2, 0) is 16.0 Å². The van der Waals surface area contributed by atoms with Gasteiger partial charge in [0.15, 0.2) is 0 Å². The number of carbonyl (C=O) groups is 2. The first kappa shape index (κ1) is 17.7. The number of carbonyl (C=O) groups excluding carboxylic acids is 1. The van der Waals surface area contributed by atoms with E-state index in [0.717, 1.165) is 31.4 Å². The number of amides is 1. The zero-order chi connectivity index (χ0) is 18.8. The predicted molar refractivity (Wildman–Crippen MR) is 98.3 cm³/mol. The fourth-order valence-corrected chi connectivity index (χ4v) is 4.62. The molecule has 7 heteroatoms. The third-order valence-corrected chi connectivity index (χ3v) is 5.88. The Morgan fingerprint density at radius 1 is 1.15 bits per heavy atom. The van der Waals surface area contributed by atoms with Gasteiger partial charge in [-0.1, -0.05) is 31.0 Å². The summed E-state index contributed by atoms with van der Waals surface area (Å²) in [6.07, 6.45) is 7.07. The van der Waals surface area contributed by atoms with E-state index in [2.05, 4.69) is 10.2 Å². The Morgan fingerprint density at radius 2 is 1.93 bits per heavy atom. The molecule has 142 valence electrons. The van der Waals surface area contributed by atoms with E-state index in [1.165, 1.54) is 0 Å². The first-order valence-corrected chi connectivity index (χ1v) is 9.63. The van der Waals surface area contributed by atoms with Crippen molar-refractivity contribution in [1.82, 2.24) is 19.7 Å². The molecule has 1 aliphatic carbocycles. The summed E-state index contributed by atoms with van der Waals surface area (Å²) in [5.74, 6) is 0.0715. The summed E-state index contributed by atoms with van der Waals surface area (Å²) in [6.45, 7) is 0. The number of carboxylic acid groups (broad SMARTS) is 1. The van der Waals surface area contributed by atoms with Crippen molar-refractivity contribution in [3.05, 3.63) is 42.5 Å². The van der Waals surface area contributed by atoms with E-state index in [1.807, 2.05) is 34.9 Å². The van der Waals surface area contributed by atoms with Crippen LogP contribution in [0.3, 0.4) is 0 Å². The van der Waals surface area contributed by atoms with Gasteiger partial charge in [-0.05, 0) is 37.3 Å². The van der Waals surface area contributed by atoms with E-state index in [4.69, 9.17) is 0 Å². The first-order chi connectivity index (χ1) is 13.1. The molecule has 1 aliphatic heterocycles. The molecule has 0 radical (unpaired) electrons. The van der Waals surface area contributed by atoms with Gasteiger partial charge in [0, 0.05) is 24.6 Å². The van der Waals surface area contributed by atoms with Crippen molar-refractivity contribution in [2.45, 2.75) is 57.0 Å². The zero-order valence-electron chi connectivity index (χ0n) is 15.2. The van der Waals surface area contributed by atoms with Gasteiger partial charge in [-0.2, -0.15) is 0 Å². The summed E-state index contributed by atoms with van der Waals surface area (Å²) < 4.78 is 1.87. The minimum absolute atomic E-state index is 0.0827. The van der Waals surface area contributed by atoms with Crippen LogP contribution in [-0.4, -0.2) is 48.7 Å². The van der Waals surface area contributed by atoms with E-state index in [-0.39, 0.29) is 18.4 Å². The highest BCUT2D eigenvalue weighted by Crippen LogP contribution is 2.40. The molecule has 27 heavy (non-hydrogen) atoms. The summed E-state index contributed by atoms with van der Waals surface area (Å²) in [6, 6.07) is 9.14.